The van der Waals surface area contributed by atoms with Crippen LogP contribution in [0.5, 0.6) is 11.5 Å². The molecule has 19 nitrogen and oxygen atoms in total. The van der Waals surface area contributed by atoms with E-state index >= 15 is 0 Å². The second kappa shape index (κ2) is 20.4. The molecule has 0 radical (unpaired) electrons. The third-order valence-corrected chi connectivity index (χ3v) is 8.28. The first-order chi connectivity index (χ1) is 24.6. The predicted octanol–water partition coefficient (Wildman–Crippen LogP) is -0.551. The minimum atomic E-state index is -4.63. The number of aliphatic hydroxyl groups is 1. The maximum absolute atomic E-state index is 12.6. The molecule has 1 saturated heterocycles. The van der Waals surface area contributed by atoms with Gasteiger partial charge in [0.1, 0.15) is 36.5 Å². The topological polar surface area (TPSA) is 271 Å². The highest BCUT2D eigenvalue weighted by Crippen LogP contribution is 2.30. The third kappa shape index (κ3) is 14.9. The molecule has 1 aromatic carbocycles. The summed E-state index contributed by atoms with van der Waals surface area (Å²) in [5.74, 6) is -4.67. The summed E-state index contributed by atoms with van der Waals surface area (Å²) in [5, 5.41) is 24.1. The summed E-state index contributed by atoms with van der Waals surface area (Å²) in [6, 6.07) is 3.04. The normalized spacial score (nSPS) is 19.2. The van der Waals surface area contributed by atoms with Gasteiger partial charge in [-0.2, -0.15) is 8.42 Å². The molecule has 0 spiro atoms. The lowest BCUT2D eigenvalue weighted by atomic mass is 10.1. The lowest BCUT2D eigenvalue weighted by Crippen LogP contribution is -2.50. The molecular formula is C32H43N3O16S. The molecule has 288 valence electrons. The lowest BCUT2D eigenvalue weighted by molar-refractivity contribution is -0.195. The van der Waals surface area contributed by atoms with Crippen LogP contribution in [0, 0.1) is 0 Å². The number of hydrogen-bond acceptors (Lipinski definition) is 14. The van der Waals surface area contributed by atoms with Crippen LogP contribution in [-0.2, 0) is 59.7 Å². The highest BCUT2D eigenvalue weighted by Gasteiger charge is 2.34. The number of aliphatic carboxylic acids is 1. The van der Waals surface area contributed by atoms with Crippen LogP contribution in [0.25, 0.3) is 0 Å². The second-order valence-corrected chi connectivity index (χ2v) is 13.3. The maximum Gasteiger partial charge on any atom is 0.333 e. The van der Waals surface area contributed by atoms with E-state index in [1.54, 1.807) is 12.1 Å². The summed E-state index contributed by atoms with van der Waals surface area (Å²) in [5.41, 5.74) is 0.428. The smallest absolute Gasteiger partial charge is 0.333 e. The molecule has 3 rings (SSSR count). The Morgan fingerprint density at radius 3 is 2.44 bits per heavy atom. The molecule has 1 fully saturated rings. The number of carbonyl (C=O) groups is 6. The number of hydrogen-bond donors (Lipinski definition) is 5. The van der Waals surface area contributed by atoms with Crippen LogP contribution in [0.1, 0.15) is 51.0 Å². The average molecular weight is 758 g/mol. The van der Waals surface area contributed by atoms with Crippen LogP contribution in [0.4, 0.5) is 0 Å². The van der Waals surface area contributed by atoms with E-state index in [1.165, 1.54) is 25.1 Å². The zero-order valence-corrected chi connectivity index (χ0v) is 29.2. The molecule has 2 aliphatic rings. The van der Waals surface area contributed by atoms with Crippen molar-refractivity contribution in [3.63, 3.8) is 0 Å². The maximum atomic E-state index is 12.6. The minimum Gasteiger partial charge on any atom is -0.491 e. The molecule has 20 heteroatoms. The Kier molecular flexibility index (Phi) is 16.4. The number of nitrogens with zero attached hydrogens (tertiary/aromatic N) is 1. The molecule has 0 saturated carbocycles. The highest BCUT2D eigenvalue weighted by molar-refractivity contribution is 7.85. The SMILES string of the molecule is CC(=O)OCc1ccc(OCCOCCNC(=O)C(CS(=O)(=O)O)NC(=O)CCCCCN2C(=O)C=CC2=O)cc1OC1CC(O)CC(C(=O)O)O1. The monoisotopic (exact) mass is 757 g/mol. The van der Waals surface area contributed by atoms with Crippen LogP contribution in [0.2, 0.25) is 0 Å². The van der Waals surface area contributed by atoms with Gasteiger partial charge in [0.2, 0.25) is 18.1 Å². The first kappa shape index (κ1) is 41.8. The highest BCUT2D eigenvalue weighted by atomic mass is 32.2. The number of ether oxygens (including phenoxy) is 5. The number of carboxylic acids is 1. The zero-order valence-electron chi connectivity index (χ0n) is 28.4. The van der Waals surface area contributed by atoms with E-state index in [-0.39, 0.29) is 64.5 Å². The fourth-order valence-corrected chi connectivity index (χ4v) is 5.66. The van der Waals surface area contributed by atoms with E-state index in [2.05, 4.69) is 10.6 Å². The van der Waals surface area contributed by atoms with Gasteiger partial charge in [-0.15, -0.1) is 0 Å². The fraction of sp³-hybridized carbons (Fsp3) is 0.562. The number of rotatable bonds is 22. The Bertz CT molecular complexity index is 1560. The van der Waals surface area contributed by atoms with Gasteiger partial charge in [0.05, 0.1) is 19.3 Å². The van der Waals surface area contributed by atoms with Crippen LogP contribution < -0.4 is 20.1 Å². The van der Waals surface area contributed by atoms with E-state index < -0.39 is 76.0 Å². The molecule has 4 amide bonds. The van der Waals surface area contributed by atoms with Crippen molar-refractivity contribution >= 4 is 45.7 Å². The first-order valence-electron chi connectivity index (χ1n) is 16.4. The molecule has 0 bridgehead atoms. The van der Waals surface area contributed by atoms with Crippen LogP contribution in [0.3, 0.4) is 0 Å². The molecule has 4 unspecified atom stereocenters. The fourth-order valence-electron chi connectivity index (χ4n) is 5.00. The van der Waals surface area contributed by atoms with Crippen molar-refractivity contribution in [2.24, 2.45) is 0 Å². The van der Waals surface area contributed by atoms with E-state index in [0.717, 1.165) is 4.90 Å². The van der Waals surface area contributed by atoms with Gasteiger partial charge < -0.3 is 44.5 Å². The van der Waals surface area contributed by atoms with Crippen LogP contribution in [0.15, 0.2) is 30.4 Å². The molecule has 2 heterocycles. The van der Waals surface area contributed by atoms with Gasteiger partial charge in [-0.25, -0.2) is 4.79 Å². The molecular weight excluding hydrogens is 714 g/mol. The van der Waals surface area contributed by atoms with Gasteiger partial charge in [0.25, 0.3) is 21.9 Å². The van der Waals surface area contributed by atoms with E-state index in [1.807, 2.05) is 0 Å². The molecule has 2 aliphatic heterocycles. The molecule has 0 aliphatic carbocycles. The van der Waals surface area contributed by atoms with Gasteiger partial charge >= 0.3 is 11.9 Å². The molecule has 4 atom stereocenters. The van der Waals surface area contributed by atoms with E-state index in [0.29, 0.717) is 30.6 Å². The Labute approximate surface area is 299 Å². The summed E-state index contributed by atoms with van der Waals surface area (Å²) in [4.78, 5) is 72.0. The van der Waals surface area contributed by atoms with Gasteiger partial charge in [0.15, 0.2) is 6.10 Å². The third-order valence-electron chi connectivity index (χ3n) is 7.53. The largest absolute Gasteiger partial charge is 0.491 e. The number of benzene rings is 1. The summed E-state index contributed by atoms with van der Waals surface area (Å²) in [7, 11) is -4.63. The van der Waals surface area contributed by atoms with Crippen LogP contribution in [-0.4, -0.2) is 127 Å². The number of amides is 4. The zero-order chi connectivity index (χ0) is 38.3. The predicted molar refractivity (Wildman–Crippen MR) is 176 cm³/mol. The quantitative estimate of drug-likeness (QED) is 0.0430. The minimum absolute atomic E-state index is 0.00227. The number of esters is 1. The Morgan fingerprint density at radius 1 is 1.04 bits per heavy atom. The average Bonchev–Trinajstić information content (AvgIpc) is 3.38. The lowest BCUT2D eigenvalue weighted by Gasteiger charge is -2.31. The van der Waals surface area contributed by atoms with Gasteiger partial charge in [-0.1, -0.05) is 6.42 Å². The Hall–Kier alpha value is -4.63. The summed E-state index contributed by atoms with van der Waals surface area (Å²) < 4.78 is 59.7. The standard InChI is InChI=1S/C32H43N3O16S/c1-20(36)49-18-21-6-7-23(17-25(21)50-30-16-22(37)15-26(51-30)32(42)43)48-14-13-47-12-10-33-31(41)24(19-52(44,45)46)34-27(38)5-3-2-4-11-35-28(39)8-9-29(35)40/h6-9,17,22,24,26,30,37H,2-5,10-16,18-19H2,1H3,(H,33,41)(H,34,38)(H,42,43)(H,44,45,46). The summed E-state index contributed by atoms with van der Waals surface area (Å²) in [6.45, 7) is 1.23. The second-order valence-electron chi connectivity index (χ2n) is 11.8. The Morgan fingerprint density at radius 2 is 1.77 bits per heavy atom. The van der Waals surface area contributed by atoms with E-state index in [4.69, 9.17) is 23.7 Å². The molecule has 0 aromatic heterocycles. The number of imide groups is 1. The van der Waals surface area contributed by atoms with Gasteiger partial charge in [0, 0.05) is 63.1 Å². The van der Waals surface area contributed by atoms with Crippen LogP contribution >= 0.6 is 0 Å². The van der Waals surface area contributed by atoms with Crippen molar-refractivity contribution in [3.8, 4) is 11.5 Å². The molecule has 1 aromatic rings. The Balaban J connectivity index is 1.40. The van der Waals surface area contributed by atoms with Crippen molar-refractivity contribution in [1.29, 1.82) is 0 Å². The van der Waals surface area contributed by atoms with Crippen molar-refractivity contribution < 1.29 is 75.6 Å². The molecule has 5 N–H and O–H groups in total. The van der Waals surface area contributed by atoms with Gasteiger partial charge in [-0.05, 0) is 25.0 Å². The number of aliphatic hydroxyl groups excluding tert-OH is 1. The summed E-state index contributed by atoms with van der Waals surface area (Å²) >= 11 is 0. The number of carbonyl (C=O) groups excluding carboxylic acids is 5. The van der Waals surface area contributed by atoms with Crippen molar-refractivity contribution in [2.45, 2.75) is 76.6 Å². The number of carboxylic acid groups (broad SMARTS) is 1. The molecule has 52 heavy (non-hydrogen) atoms. The van der Waals surface area contributed by atoms with Crippen molar-refractivity contribution in [1.82, 2.24) is 15.5 Å². The van der Waals surface area contributed by atoms with Gasteiger partial charge in [-0.3, -0.25) is 33.4 Å². The van der Waals surface area contributed by atoms with Crippen molar-refractivity contribution in [2.75, 3.05) is 38.7 Å². The number of nitrogens with one attached hydrogen (secondary N) is 2. The van der Waals surface area contributed by atoms with E-state index in [9.17, 15) is 52.0 Å². The van der Waals surface area contributed by atoms with Crippen molar-refractivity contribution in [3.05, 3.63) is 35.9 Å². The number of unbranched alkanes of at least 4 members (excludes halogenated alkanes) is 2. The summed E-state index contributed by atoms with van der Waals surface area (Å²) in [6.07, 6.45) is 0.107. The first-order valence-corrected chi connectivity index (χ1v) is 18.0.